The highest BCUT2D eigenvalue weighted by Gasteiger charge is 2.30. The molecule has 0 radical (unpaired) electrons. The zero-order valence-corrected chi connectivity index (χ0v) is 16.4. The summed E-state index contributed by atoms with van der Waals surface area (Å²) in [7, 11) is 0. The van der Waals surface area contributed by atoms with E-state index in [-0.39, 0.29) is 23.4 Å². The summed E-state index contributed by atoms with van der Waals surface area (Å²) in [5.41, 5.74) is 0.673. The molecule has 0 atom stereocenters. The van der Waals surface area contributed by atoms with Gasteiger partial charge in [0.2, 0.25) is 5.91 Å². The lowest BCUT2D eigenvalue weighted by molar-refractivity contribution is -0.137. The second-order valence-corrected chi connectivity index (χ2v) is 7.38. The topological polar surface area (TPSA) is 78.1 Å². The quantitative estimate of drug-likeness (QED) is 0.697. The first kappa shape index (κ1) is 22.2. The minimum Gasteiger partial charge on any atom is -0.342 e. The van der Waals surface area contributed by atoms with Gasteiger partial charge in [-0.2, -0.15) is 18.3 Å². The first-order valence-electron chi connectivity index (χ1n) is 9.94. The average Bonchev–Trinajstić information content (AvgIpc) is 3.15. The van der Waals surface area contributed by atoms with Gasteiger partial charge >= 0.3 is 6.18 Å². The molecule has 2 rings (SSSR count). The first-order valence-corrected chi connectivity index (χ1v) is 9.94. The summed E-state index contributed by atoms with van der Waals surface area (Å²) in [5, 5.41) is 8.42. The molecule has 1 aromatic rings. The normalized spacial score (nSPS) is 15.9. The molecule has 0 aliphatic carbocycles. The van der Waals surface area contributed by atoms with Gasteiger partial charge in [-0.25, -0.2) is 0 Å². The van der Waals surface area contributed by atoms with Gasteiger partial charge in [0.25, 0.3) is 5.91 Å². The van der Waals surface area contributed by atoms with Crippen molar-refractivity contribution in [3.8, 4) is 0 Å². The third-order valence-electron chi connectivity index (χ3n) is 5.15. The number of piperidine rings is 1. The highest BCUT2D eigenvalue weighted by Crippen LogP contribution is 2.29. The molecule has 0 saturated carbocycles. The van der Waals surface area contributed by atoms with E-state index in [0.717, 1.165) is 44.2 Å². The number of halogens is 3. The van der Waals surface area contributed by atoms with Crippen molar-refractivity contribution in [2.45, 2.75) is 64.5 Å². The molecule has 1 saturated heterocycles. The highest BCUT2D eigenvalue weighted by atomic mass is 19.4. The molecule has 0 spiro atoms. The van der Waals surface area contributed by atoms with Gasteiger partial charge in [-0.3, -0.25) is 14.7 Å². The number of aromatic nitrogens is 2. The van der Waals surface area contributed by atoms with Crippen LogP contribution in [0, 0.1) is 5.92 Å². The van der Waals surface area contributed by atoms with Crippen molar-refractivity contribution in [1.29, 1.82) is 0 Å². The molecule has 1 aromatic heterocycles. The number of hydrogen-bond acceptors (Lipinski definition) is 3. The number of aromatic amines is 1. The molecule has 1 aliphatic heterocycles. The second kappa shape index (κ2) is 9.93. The fraction of sp³-hybridized carbons (Fsp3) is 0.737. The predicted octanol–water partition coefficient (Wildman–Crippen LogP) is 3.62. The number of amides is 2. The van der Waals surface area contributed by atoms with Crippen molar-refractivity contribution in [3.05, 3.63) is 17.5 Å². The fourth-order valence-corrected chi connectivity index (χ4v) is 3.69. The third kappa shape index (κ3) is 6.24. The SMILES string of the molecule is CCCC(CCC)C(=O)N1CCC(c2cc(C(=O)NCC(F)(F)F)n[nH]2)CC1. The monoisotopic (exact) mass is 402 g/mol. The molecule has 0 unspecified atom stereocenters. The Morgan fingerprint density at radius 1 is 1.25 bits per heavy atom. The average molecular weight is 402 g/mol. The van der Waals surface area contributed by atoms with E-state index in [1.807, 2.05) is 10.2 Å². The van der Waals surface area contributed by atoms with Crippen LogP contribution in [0.4, 0.5) is 13.2 Å². The summed E-state index contributed by atoms with van der Waals surface area (Å²) < 4.78 is 36.6. The predicted molar refractivity (Wildman–Crippen MR) is 98.8 cm³/mol. The van der Waals surface area contributed by atoms with Crippen molar-refractivity contribution >= 4 is 11.8 Å². The van der Waals surface area contributed by atoms with Gasteiger partial charge in [0.1, 0.15) is 12.2 Å². The van der Waals surface area contributed by atoms with Crippen molar-refractivity contribution in [2.75, 3.05) is 19.6 Å². The summed E-state index contributed by atoms with van der Waals surface area (Å²) >= 11 is 0. The third-order valence-corrected chi connectivity index (χ3v) is 5.15. The number of carbonyl (C=O) groups is 2. The highest BCUT2D eigenvalue weighted by molar-refractivity contribution is 5.92. The number of H-pyrrole nitrogens is 1. The lowest BCUT2D eigenvalue weighted by Crippen LogP contribution is -2.41. The standard InChI is InChI=1S/C19H29F3N4O2/c1-3-5-14(6-4-2)18(28)26-9-7-13(8-10-26)15-11-16(25-24-15)17(27)23-12-19(20,21)22/h11,13-14H,3-10,12H2,1-2H3,(H,23,27)(H,24,25). The summed E-state index contributed by atoms with van der Waals surface area (Å²) in [6.45, 7) is 4.07. The van der Waals surface area contributed by atoms with Crippen LogP contribution in [0.3, 0.4) is 0 Å². The molecular formula is C19H29F3N4O2. The largest absolute Gasteiger partial charge is 0.405 e. The van der Waals surface area contributed by atoms with Gasteiger partial charge in [0.15, 0.2) is 0 Å². The Morgan fingerprint density at radius 2 is 1.86 bits per heavy atom. The number of likely N-dealkylation sites (tertiary alicyclic amines) is 1. The van der Waals surface area contributed by atoms with Crippen LogP contribution >= 0.6 is 0 Å². The van der Waals surface area contributed by atoms with Gasteiger partial charge in [-0.05, 0) is 31.7 Å². The minimum atomic E-state index is -4.46. The fourth-order valence-electron chi connectivity index (χ4n) is 3.69. The Labute approximate surface area is 163 Å². The zero-order valence-electron chi connectivity index (χ0n) is 16.4. The van der Waals surface area contributed by atoms with E-state index in [9.17, 15) is 22.8 Å². The molecule has 0 bridgehead atoms. The smallest absolute Gasteiger partial charge is 0.342 e. The zero-order chi connectivity index (χ0) is 20.7. The van der Waals surface area contributed by atoms with E-state index in [1.54, 1.807) is 0 Å². The molecular weight excluding hydrogens is 373 g/mol. The molecule has 158 valence electrons. The number of rotatable bonds is 8. The van der Waals surface area contributed by atoms with Crippen LogP contribution in [-0.4, -0.2) is 52.7 Å². The molecule has 1 aliphatic rings. The maximum Gasteiger partial charge on any atom is 0.405 e. The van der Waals surface area contributed by atoms with Crippen LogP contribution in [0.15, 0.2) is 6.07 Å². The van der Waals surface area contributed by atoms with Gasteiger partial charge in [0, 0.05) is 30.6 Å². The molecule has 2 amide bonds. The van der Waals surface area contributed by atoms with Crippen molar-refractivity contribution in [1.82, 2.24) is 20.4 Å². The Morgan fingerprint density at radius 3 is 2.39 bits per heavy atom. The molecule has 2 N–H and O–H groups in total. The summed E-state index contributed by atoms with van der Waals surface area (Å²) in [6.07, 6.45) is 0.806. The number of alkyl halides is 3. The Bertz CT molecular complexity index is 646. The van der Waals surface area contributed by atoms with Crippen LogP contribution in [0.2, 0.25) is 0 Å². The minimum absolute atomic E-state index is 0.0521. The van der Waals surface area contributed by atoms with Crippen LogP contribution < -0.4 is 5.32 Å². The summed E-state index contributed by atoms with van der Waals surface area (Å²) in [6, 6.07) is 1.50. The Balaban J connectivity index is 1.89. The number of nitrogens with zero attached hydrogens (tertiary/aromatic N) is 2. The van der Waals surface area contributed by atoms with E-state index in [4.69, 9.17) is 0 Å². The Kier molecular flexibility index (Phi) is 7.88. The number of nitrogens with one attached hydrogen (secondary N) is 2. The van der Waals surface area contributed by atoms with Crippen molar-refractivity contribution in [3.63, 3.8) is 0 Å². The van der Waals surface area contributed by atoms with E-state index < -0.39 is 18.6 Å². The molecule has 1 fully saturated rings. The van der Waals surface area contributed by atoms with Crippen molar-refractivity contribution < 1.29 is 22.8 Å². The number of carbonyl (C=O) groups excluding carboxylic acids is 2. The molecule has 2 heterocycles. The van der Waals surface area contributed by atoms with Gasteiger partial charge < -0.3 is 10.2 Å². The second-order valence-electron chi connectivity index (χ2n) is 7.38. The van der Waals surface area contributed by atoms with Crippen LogP contribution in [0.1, 0.15) is 74.5 Å². The Hall–Kier alpha value is -2.06. The number of hydrogen-bond donors (Lipinski definition) is 2. The van der Waals surface area contributed by atoms with Crippen LogP contribution in [0.5, 0.6) is 0 Å². The first-order chi connectivity index (χ1) is 13.2. The van der Waals surface area contributed by atoms with Gasteiger partial charge in [-0.1, -0.05) is 26.7 Å². The van der Waals surface area contributed by atoms with E-state index in [0.29, 0.717) is 13.1 Å². The molecule has 6 nitrogen and oxygen atoms in total. The lowest BCUT2D eigenvalue weighted by atomic mass is 9.91. The maximum absolute atomic E-state index is 12.7. The van der Waals surface area contributed by atoms with E-state index >= 15 is 0 Å². The van der Waals surface area contributed by atoms with Crippen molar-refractivity contribution in [2.24, 2.45) is 5.92 Å². The van der Waals surface area contributed by atoms with Crippen LogP contribution in [0.25, 0.3) is 0 Å². The van der Waals surface area contributed by atoms with Gasteiger partial charge in [0.05, 0.1) is 0 Å². The van der Waals surface area contributed by atoms with Gasteiger partial charge in [-0.15, -0.1) is 0 Å². The summed E-state index contributed by atoms with van der Waals surface area (Å²) in [4.78, 5) is 26.4. The maximum atomic E-state index is 12.7. The lowest BCUT2D eigenvalue weighted by Gasteiger charge is -2.34. The van der Waals surface area contributed by atoms with Crippen LogP contribution in [-0.2, 0) is 4.79 Å². The van der Waals surface area contributed by atoms with E-state index in [1.165, 1.54) is 6.07 Å². The molecule has 28 heavy (non-hydrogen) atoms. The molecule has 0 aromatic carbocycles. The van der Waals surface area contributed by atoms with E-state index in [2.05, 4.69) is 24.0 Å². The molecule has 9 heteroatoms. The summed E-state index contributed by atoms with van der Waals surface area (Å²) in [5.74, 6) is -0.437.